The van der Waals surface area contributed by atoms with Gasteiger partial charge in [0.2, 0.25) is 0 Å². The number of nitrogens with zero attached hydrogens (tertiary/aromatic N) is 1. The molecular formula is C16H24N2O2. The van der Waals surface area contributed by atoms with Gasteiger partial charge in [-0.2, -0.15) is 0 Å². The number of rotatable bonds is 5. The second-order valence-electron chi connectivity index (χ2n) is 6.02. The Kier molecular flexibility index (Phi) is 4.13. The van der Waals surface area contributed by atoms with Crippen LogP contribution in [0, 0.1) is 0 Å². The Morgan fingerprint density at radius 3 is 2.45 bits per heavy atom. The van der Waals surface area contributed by atoms with Crippen LogP contribution in [-0.2, 0) is 0 Å². The number of hydrogen-bond acceptors (Lipinski definition) is 4. The quantitative estimate of drug-likeness (QED) is 0.638. The normalized spacial score (nSPS) is 29.6. The Morgan fingerprint density at radius 1 is 1.15 bits per heavy atom. The average Bonchev–Trinajstić information content (AvgIpc) is 2.67. The third-order valence-electron chi connectivity index (χ3n) is 4.57. The van der Waals surface area contributed by atoms with Gasteiger partial charge in [-0.25, -0.2) is 0 Å². The van der Waals surface area contributed by atoms with Gasteiger partial charge in [0, 0.05) is 24.3 Å². The Morgan fingerprint density at radius 2 is 1.80 bits per heavy atom. The van der Waals surface area contributed by atoms with Crippen LogP contribution in [0.4, 0.5) is 5.69 Å². The van der Waals surface area contributed by atoms with Gasteiger partial charge in [-0.05, 0) is 56.4 Å². The molecular weight excluding hydrogens is 252 g/mol. The molecule has 0 radical (unpaired) electrons. The van der Waals surface area contributed by atoms with Gasteiger partial charge in [-0.1, -0.05) is 0 Å². The fourth-order valence-electron chi connectivity index (χ4n) is 3.61. The molecule has 0 aromatic heterocycles. The number of hydrogen-bond donors (Lipinski definition) is 2. The molecule has 4 heteroatoms. The predicted molar refractivity (Wildman–Crippen MR) is 79.7 cm³/mol. The van der Waals surface area contributed by atoms with Crippen LogP contribution in [0.25, 0.3) is 0 Å². The molecule has 2 heterocycles. The summed E-state index contributed by atoms with van der Waals surface area (Å²) in [4.78, 5) is 2.58. The van der Waals surface area contributed by atoms with E-state index >= 15 is 0 Å². The second-order valence-corrected chi connectivity index (χ2v) is 6.02. The van der Waals surface area contributed by atoms with E-state index in [1.165, 1.54) is 12.8 Å². The Hall–Kier alpha value is -1.26. The number of aliphatic hydroxyl groups excluding tert-OH is 1. The van der Waals surface area contributed by atoms with Gasteiger partial charge >= 0.3 is 0 Å². The van der Waals surface area contributed by atoms with Crippen LogP contribution in [0.3, 0.4) is 0 Å². The molecule has 3 rings (SSSR count). The molecule has 0 saturated carbocycles. The maximum atomic E-state index is 9.79. The molecule has 0 amide bonds. The van der Waals surface area contributed by atoms with E-state index in [9.17, 15) is 5.11 Å². The highest BCUT2D eigenvalue weighted by molar-refractivity contribution is 5.41. The number of benzene rings is 1. The van der Waals surface area contributed by atoms with Gasteiger partial charge < -0.3 is 15.6 Å². The SMILES string of the molecule is Nc1ccc(OCCCN2C3CCC2CC(O)C3)cc1. The zero-order valence-corrected chi connectivity index (χ0v) is 11.9. The highest BCUT2D eigenvalue weighted by Crippen LogP contribution is 2.35. The summed E-state index contributed by atoms with van der Waals surface area (Å²) in [6.07, 6.45) is 5.37. The van der Waals surface area contributed by atoms with Gasteiger partial charge in [0.1, 0.15) is 5.75 Å². The van der Waals surface area contributed by atoms with E-state index in [-0.39, 0.29) is 6.10 Å². The molecule has 2 bridgehead atoms. The molecule has 3 N–H and O–H groups in total. The maximum Gasteiger partial charge on any atom is 0.119 e. The minimum atomic E-state index is -0.0743. The topological polar surface area (TPSA) is 58.7 Å². The number of anilines is 1. The first kappa shape index (κ1) is 13.7. The molecule has 110 valence electrons. The van der Waals surface area contributed by atoms with Gasteiger partial charge in [-0.3, -0.25) is 4.90 Å². The molecule has 20 heavy (non-hydrogen) atoms. The van der Waals surface area contributed by atoms with Crippen molar-refractivity contribution < 1.29 is 9.84 Å². The second kappa shape index (κ2) is 6.02. The summed E-state index contributed by atoms with van der Waals surface area (Å²) in [5.41, 5.74) is 6.41. The zero-order valence-electron chi connectivity index (χ0n) is 11.9. The molecule has 2 aliphatic rings. The third kappa shape index (κ3) is 3.07. The summed E-state index contributed by atoms with van der Waals surface area (Å²) in [6, 6.07) is 8.75. The summed E-state index contributed by atoms with van der Waals surface area (Å²) < 4.78 is 5.73. The third-order valence-corrected chi connectivity index (χ3v) is 4.57. The summed E-state index contributed by atoms with van der Waals surface area (Å²) in [5, 5.41) is 9.79. The van der Waals surface area contributed by atoms with E-state index in [2.05, 4.69) is 4.90 Å². The number of piperidine rings is 1. The van der Waals surface area contributed by atoms with Crippen molar-refractivity contribution >= 4 is 5.69 Å². The lowest BCUT2D eigenvalue weighted by Gasteiger charge is -2.37. The number of nitrogen functional groups attached to an aromatic ring is 1. The zero-order chi connectivity index (χ0) is 13.9. The molecule has 0 spiro atoms. The van der Waals surface area contributed by atoms with Crippen LogP contribution >= 0.6 is 0 Å². The molecule has 1 aromatic rings. The van der Waals surface area contributed by atoms with E-state index in [0.29, 0.717) is 12.1 Å². The lowest BCUT2D eigenvalue weighted by atomic mass is 10.00. The van der Waals surface area contributed by atoms with Crippen LogP contribution in [0.2, 0.25) is 0 Å². The van der Waals surface area contributed by atoms with Crippen molar-refractivity contribution in [1.82, 2.24) is 4.90 Å². The summed E-state index contributed by atoms with van der Waals surface area (Å²) in [7, 11) is 0. The molecule has 2 unspecified atom stereocenters. The van der Waals surface area contributed by atoms with E-state index in [0.717, 1.165) is 43.9 Å². The molecule has 2 aliphatic heterocycles. The van der Waals surface area contributed by atoms with Crippen molar-refractivity contribution in [3.63, 3.8) is 0 Å². The van der Waals surface area contributed by atoms with Crippen molar-refractivity contribution in [2.45, 2.75) is 50.3 Å². The van der Waals surface area contributed by atoms with Crippen LogP contribution < -0.4 is 10.5 Å². The smallest absolute Gasteiger partial charge is 0.119 e. The number of ether oxygens (including phenoxy) is 1. The van der Waals surface area contributed by atoms with Crippen molar-refractivity contribution in [2.24, 2.45) is 0 Å². The van der Waals surface area contributed by atoms with Crippen LogP contribution in [0.1, 0.15) is 32.1 Å². The molecule has 4 nitrogen and oxygen atoms in total. The van der Waals surface area contributed by atoms with Crippen LogP contribution in [0.5, 0.6) is 5.75 Å². The number of aliphatic hydroxyl groups is 1. The van der Waals surface area contributed by atoms with Crippen molar-refractivity contribution in [3.8, 4) is 5.75 Å². The molecule has 2 saturated heterocycles. The van der Waals surface area contributed by atoms with Crippen LogP contribution in [-0.4, -0.2) is 41.3 Å². The van der Waals surface area contributed by atoms with E-state index < -0.39 is 0 Å². The highest BCUT2D eigenvalue weighted by atomic mass is 16.5. The Bertz CT molecular complexity index is 421. The van der Waals surface area contributed by atoms with Crippen molar-refractivity contribution in [1.29, 1.82) is 0 Å². The van der Waals surface area contributed by atoms with E-state index in [1.807, 2.05) is 24.3 Å². The summed E-state index contributed by atoms with van der Waals surface area (Å²) >= 11 is 0. The van der Waals surface area contributed by atoms with Gasteiger partial charge in [0.05, 0.1) is 12.7 Å². The lowest BCUT2D eigenvalue weighted by Crippen LogP contribution is -2.45. The molecule has 1 aromatic carbocycles. The Balaban J connectivity index is 1.41. The van der Waals surface area contributed by atoms with E-state index in [4.69, 9.17) is 10.5 Å². The summed E-state index contributed by atoms with van der Waals surface area (Å²) in [6.45, 7) is 1.82. The minimum absolute atomic E-state index is 0.0743. The molecule has 2 atom stereocenters. The first-order valence-corrected chi connectivity index (χ1v) is 7.64. The maximum absolute atomic E-state index is 9.79. The van der Waals surface area contributed by atoms with Gasteiger partial charge in [0.25, 0.3) is 0 Å². The highest BCUT2D eigenvalue weighted by Gasteiger charge is 2.39. The predicted octanol–water partition coefficient (Wildman–Crippen LogP) is 2.03. The fraction of sp³-hybridized carbons (Fsp3) is 0.625. The molecule has 2 fully saturated rings. The minimum Gasteiger partial charge on any atom is -0.494 e. The largest absolute Gasteiger partial charge is 0.494 e. The first-order valence-electron chi connectivity index (χ1n) is 7.64. The Labute approximate surface area is 120 Å². The summed E-state index contributed by atoms with van der Waals surface area (Å²) in [5.74, 6) is 0.885. The average molecular weight is 276 g/mol. The van der Waals surface area contributed by atoms with Gasteiger partial charge in [0.15, 0.2) is 0 Å². The van der Waals surface area contributed by atoms with Crippen molar-refractivity contribution in [3.05, 3.63) is 24.3 Å². The van der Waals surface area contributed by atoms with E-state index in [1.54, 1.807) is 0 Å². The standard InChI is InChI=1S/C16H24N2O2/c17-12-2-6-16(7-3-12)20-9-1-8-18-13-4-5-14(18)11-15(19)10-13/h2-3,6-7,13-15,19H,1,4-5,8-11,17H2. The van der Waals surface area contributed by atoms with Crippen LogP contribution in [0.15, 0.2) is 24.3 Å². The van der Waals surface area contributed by atoms with Crippen molar-refractivity contribution in [2.75, 3.05) is 18.9 Å². The monoisotopic (exact) mass is 276 g/mol. The lowest BCUT2D eigenvalue weighted by molar-refractivity contribution is 0.0331. The first-order chi connectivity index (χ1) is 9.72. The number of nitrogens with two attached hydrogens (primary N) is 1. The number of fused-ring (bicyclic) bond motifs is 2. The molecule has 0 aliphatic carbocycles. The van der Waals surface area contributed by atoms with Gasteiger partial charge in [-0.15, -0.1) is 0 Å². The fourth-order valence-corrected chi connectivity index (χ4v) is 3.61.